The summed E-state index contributed by atoms with van der Waals surface area (Å²) in [5.41, 5.74) is 3.20. The Morgan fingerprint density at radius 3 is 2.84 bits per heavy atom. The third-order valence-electron chi connectivity index (χ3n) is 3.26. The maximum Gasteiger partial charge on any atom is 0.330 e. The van der Waals surface area contributed by atoms with E-state index in [2.05, 4.69) is 5.32 Å². The predicted octanol–water partition coefficient (Wildman–Crippen LogP) is 0.781. The summed E-state index contributed by atoms with van der Waals surface area (Å²) < 4.78 is 4.70. The van der Waals surface area contributed by atoms with Gasteiger partial charge in [-0.15, -0.1) is 0 Å². The molecule has 1 saturated heterocycles. The molecule has 1 fully saturated rings. The highest BCUT2D eigenvalue weighted by atomic mass is 16.5. The number of methoxy groups -OCH3 is 1. The molecular formula is C14H18N2O3. The zero-order chi connectivity index (χ0) is 14.0. The van der Waals surface area contributed by atoms with Crippen LogP contribution in [0.3, 0.4) is 0 Å². The molecule has 1 aliphatic rings. The number of esters is 1. The molecule has 1 aliphatic heterocycles. The van der Waals surface area contributed by atoms with Gasteiger partial charge in [0, 0.05) is 12.2 Å². The molecule has 0 aromatic heterocycles. The molecule has 0 spiro atoms. The van der Waals surface area contributed by atoms with Gasteiger partial charge in [-0.1, -0.05) is 12.1 Å². The number of amides is 1. The summed E-state index contributed by atoms with van der Waals surface area (Å²) >= 11 is 0. The lowest BCUT2D eigenvalue weighted by atomic mass is 10.1. The summed E-state index contributed by atoms with van der Waals surface area (Å²) in [6.07, 6.45) is 0. The van der Waals surface area contributed by atoms with Crippen LogP contribution < -0.4 is 10.2 Å². The standard InChI is InChI=1S/C14H18N2O3/c1-9-4-5-10(2)12(6-9)16-7-11(14(18)19-3)15-13(17)8-16/h4-6,11H,7-8H2,1-3H3,(H,15,17). The first kappa shape index (κ1) is 13.4. The number of hydrogen-bond acceptors (Lipinski definition) is 4. The zero-order valence-electron chi connectivity index (χ0n) is 11.4. The summed E-state index contributed by atoms with van der Waals surface area (Å²) in [5.74, 6) is -0.578. The topological polar surface area (TPSA) is 58.6 Å². The van der Waals surface area contributed by atoms with Crippen molar-refractivity contribution in [1.82, 2.24) is 5.32 Å². The lowest BCUT2D eigenvalue weighted by Crippen LogP contribution is -2.57. The third kappa shape index (κ3) is 2.86. The van der Waals surface area contributed by atoms with E-state index in [4.69, 9.17) is 4.74 Å². The number of aryl methyl sites for hydroxylation is 2. The second-order valence-corrected chi connectivity index (χ2v) is 4.81. The van der Waals surface area contributed by atoms with Crippen LogP contribution in [0, 0.1) is 13.8 Å². The fourth-order valence-corrected chi connectivity index (χ4v) is 2.26. The third-order valence-corrected chi connectivity index (χ3v) is 3.26. The molecule has 0 saturated carbocycles. The summed E-state index contributed by atoms with van der Waals surface area (Å²) in [6.45, 7) is 4.69. The van der Waals surface area contributed by atoms with Gasteiger partial charge in [0.05, 0.1) is 13.7 Å². The van der Waals surface area contributed by atoms with E-state index in [1.807, 2.05) is 36.9 Å². The fraction of sp³-hybridized carbons (Fsp3) is 0.429. The van der Waals surface area contributed by atoms with Gasteiger partial charge in [0.1, 0.15) is 6.04 Å². The van der Waals surface area contributed by atoms with Gasteiger partial charge >= 0.3 is 5.97 Å². The molecule has 1 atom stereocenters. The Balaban J connectivity index is 2.26. The van der Waals surface area contributed by atoms with Gasteiger partial charge in [-0.2, -0.15) is 0 Å². The van der Waals surface area contributed by atoms with Crippen LogP contribution in [0.4, 0.5) is 5.69 Å². The number of benzene rings is 1. The molecule has 0 radical (unpaired) electrons. The molecule has 5 heteroatoms. The maximum atomic E-state index is 11.7. The highest BCUT2D eigenvalue weighted by molar-refractivity contribution is 5.90. The molecule has 2 rings (SSSR count). The Labute approximate surface area is 112 Å². The first-order valence-electron chi connectivity index (χ1n) is 6.20. The normalized spacial score (nSPS) is 19.0. The first-order chi connectivity index (χ1) is 9.01. The van der Waals surface area contributed by atoms with E-state index < -0.39 is 12.0 Å². The van der Waals surface area contributed by atoms with E-state index in [9.17, 15) is 9.59 Å². The number of hydrogen-bond donors (Lipinski definition) is 1. The van der Waals surface area contributed by atoms with E-state index >= 15 is 0 Å². The molecule has 1 aromatic carbocycles. The van der Waals surface area contributed by atoms with Gasteiger partial charge in [0.15, 0.2) is 0 Å². The van der Waals surface area contributed by atoms with Crippen LogP contribution in [0.5, 0.6) is 0 Å². The smallest absolute Gasteiger partial charge is 0.330 e. The van der Waals surface area contributed by atoms with Gasteiger partial charge in [0.2, 0.25) is 5.91 Å². The van der Waals surface area contributed by atoms with Crippen molar-refractivity contribution in [2.75, 3.05) is 25.1 Å². The van der Waals surface area contributed by atoms with Crippen LogP contribution in [0.1, 0.15) is 11.1 Å². The summed E-state index contributed by atoms with van der Waals surface area (Å²) in [5, 5.41) is 2.65. The number of nitrogens with zero attached hydrogens (tertiary/aromatic N) is 1. The average molecular weight is 262 g/mol. The van der Waals surface area contributed by atoms with E-state index in [-0.39, 0.29) is 12.5 Å². The molecule has 1 amide bonds. The van der Waals surface area contributed by atoms with Crippen molar-refractivity contribution in [2.24, 2.45) is 0 Å². The molecule has 0 bridgehead atoms. The molecule has 0 aliphatic carbocycles. The van der Waals surface area contributed by atoms with E-state index in [1.165, 1.54) is 7.11 Å². The van der Waals surface area contributed by atoms with Crippen LogP contribution in [0.15, 0.2) is 18.2 Å². The van der Waals surface area contributed by atoms with Crippen molar-refractivity contribution in [1.29, 1.82) is 0 Å². The first-order valence-corrected chi connectivity index (χ1v) is 6.20. The second-order valence-electron chi connectivity index (χ2n) is 4.81. The number of anilines is 1. The average Bonchev–Trinajstić information content (AvgIpc) is 2.39. The minimum Gasteiger partial charge on any atom is -0.467 e. The lowest BCUT2D eigenvalue weighted by molar-refractivity contribution is -0.145. The van der Waals surface area contributed by atoms with Crippen molar-refractivity contribution in [3.63, 3.8) is 0 Å². The number of nitrogens with one attached hydrogen (secondary N) is 1. The SMILES string of the molecule is COC(=O)C1CN(c2cc(C)ccc2C)CC(=O)N1. The largest absolute Gasteiger partial charge is 0.467 e. The Bertz CT molecular complexity index is 513. The molecule has 102 valence electrons. The van der Waals surface area contributed by atoms with Gasteiger partial charge in [-0.25, -0.2) is 4.79 Å². The van der Waals surface area contributed by atoms with Gasteiger partial charge in [-0.3, -0.25) is 4.79 Å². The summed E-state index contributed by atoms with van der Waals surface area (Å²) in [7, 11) is 1.32. The van der Waals surface area contributed by atoms with Crippen LogP contribution in [-0.2, 0) is 14.3 Å². The molecular weight excluding hydrogens is 244 g/mol. The van der Waals surface area contributed by atoms with Crippen LogP contribution >= 0.6 is 0 Å². The highest BCUT2D eigenvalue weighted by Crippen LogP contribution is 2.23. The lowest BCUT2D eigenvalue weighted by Gasteiger charge is -2.34. The van der Waals surface area contributed by atoms with Crippen molar-refractivity contribution in [3.8, 4) is 0 Å². The van der Waals surface area contributed by atoms with E-state index in [0.717, 1.165) is 16.8 Å². The van der Waals surface area contributed by atoms with Crippen molar-refractivity contribution in [3.05, 3.63) is 29.3 Å². The highest BCUT2D eigenvalue weighted by Gasteiger charge is 2.30. The second kappa shape index (κ2) is 5.30. The van der Waals surface area contributed by atoms with Crippen molar-refractivity contribution >= 4 is 17.6 Å². The summed E-state index contributed by atoms with van der Waals surface area (Å²) in [6, 6.07) is 5.47. The molecule has 1 aromatic rings. The monoisotopic (exact) mass is 262 g/mol. The molecule has 1 heterocycles. The fourth-order valence-electron chi connectivity index (χ4n) is 2.26. The van der Waals surface area contributed by atoms with Crippen molar-refractivity contribution < 1.29 is 14.3 Å². The Morgan fingerprint density at radius 2 is 2.16 bits per heavy atom. The van der Waals surface area contributed by atoms with Gasteiger partial charge < -0.3 is 15.0 Å². The number of rotatable bonds is 2. The molecule has 1 N–H and O–H groups in total. The summed E-state index contributed by atoms with van der Waals surface area (Å²) in [4.78, 5) is 25.2. The quantitative estimate of drug-likeness (QED) is 0.800. The number of carbonyl (C=O) groups is 2. The van der Waals surface area contributed by atoms with Crippen molar-refractivity contribution in [2.45, 2.75) is 19.9 Å². The minimum atomic E-state index is -0.605. The van der Waals surface area contributed by atoms with Crippen LogP contribution in [0.25, 0.3) is 0 Å². The number of ether oxygens (including phenoxy) is 1. The van der Waals surface area contributed by atoms with Gasteiger partial charge in [-0.05, 0) is 31.0 Å². The zero-order valence-corrected chi connectivity index (χ0v) is 11.4. The Hall–Kier alpha value is -2.04. The van der Waals surface area contributed by atoms with E-state index in [0.29, 0.717) is 6.54 Å². The molecule has 1 unspecified atom stereocenters. The Kier molecular flexibility index (Phi) is 3.74. The minimum absolute atomic E-state index is 0.164. The molecule has 19 heavy (non-hydrogen) atoms. The van der Waals surface area contributed by atoms with Gasteiger partial charge in [0.25, 0.3) is 0 Å². The number of piperazine rings is 1. The maximum absolute atomic E-state index is 11.7. The Morgan fingerprint density at radius 1 is 1.42 bits per heavy atom. The number of carbonyl (C=O) groups excluding carboxylic acids is 2. The van der Waals surface area contributed by atoms with Crippen LogP contribution in [0.2, 0.25) is 0 Å². The predicted molar refractivity (Wildman–Crippen MR) is 72.1 cm³/mol. The molecule has 5 nitrogen and oxygen atoms in total. The van der Waals surface area contributed by atoms with Crippen LogP contribution in [-0.4, -0.2) is 38.1 Å². The van der Waals surface area contributed by atoms with E-state index in [1.54, 1.807) is 0 Å².